The fraction of sp³-hybridized carbons (Fsp3) is 0.250. The SMILES string of the molecule is Cc1nc(/C=C/C(=O)NCc2cn[nH]c2C)cs1. The number of aryl methyl sites for hydroxylation is 2. The first kappa shape index (κ1) is 12.5. The molecule has 0 unspecified atom stereocenters. The van der Waals surface area contributed by atoms with Crippen LogP contribution in [0.1, 0.15) is 22.0 Å². The van der Waals surface area contributed by atoms with E-state index in [9.17, 15) is 4.79 Å². The number of nitrogens with one attached hydrogen (secondary N) is 2. The van der Waals surface area contributed by atoms with E-state index in [0.29, 0.717) is 6.54 Å². The Balaban J connectivity index is 1.86. The van der Waals surface area contributed by atoms with Gasteiger partial charge in [0.25, 0.3) is 0 Å². The molecule has 0 atom stereocenters. The number of amides is 1. The van der Waals surface area contributed by atoms with Gasteiger partial charge in [-0.2, -0.15) is 5.10 Å². The quantitative estimate of drug-likeness (QED) is 0.826. The van der Waals surface area contributed by atoms with Crippen molar-refractivity contribution in [3.63, 3.8) is 0 Å². The zero-order chi connectivity index (χ0) is 13.0. The molecule has 6 heteroatoms. The Morgan fingerprint density at radius 3 is 3.00 bits per heavy atom. The molecule has 0 fully saturated rings. The molecule has 1 amide bonds. The molecule has 2 rings (SSSR count). The number of hydrogen-bond acceptors (Lipinski definition) is 4. The molecule has 18 heavy (non-hydrogen) atoms. The van der Waals surface area contributed by atoms with E-state index in [2.05, 4.69) is 20.5 Å². The van der Waals surface area contributed by atoms with Gasteiger partial charge in [-0.1, -0.05) is 0 Å². The standard InChI is InChI=1S/C12H14N4OS/c1-8-10(6-14-16-8)5-13-12(17)4-3-11-7-18-9(2)15-11/h3-4,6-7H,5H2,1-2H3,(H,13,17)(H,14,16)/b4-3+. The number of rotatable bonds is 4. The summed E-state index contributed by atoms with van der Waals surface area (Å²) in [6.07, 6.45) is 4.91. The second-order valence-electron chi connectivity index (χ2n) is 3.86. The summed E-state index contributed by atoms with van der Waals surface area (Å²) in [5.41, 5.74) is 2.77. The molecule has 0 spiro atoms. The Morgan fingerprint density at radius 1 is 1.56 bits per heavy atom. The van der Waals surface area contributed by atoms with Crippen LogP contribution in [0.2, 0.25) is 0 Å². The third kappa shape index (κ3) is 3.27. The van der Waals surface area contributed by atoms with Crippen LogP contribution in [0.5, 0.6) is 0 Å². The number of hydrogen-bond donors (Lipinski definition) is 2. The number of carbonyl (C=O) groups is 1. The van der Waals surface area contributed by atoms with Crippen molar-refractivity contribution in [1.29, 1.82) is 0 Å². The lowest BCUT2D eigenvalue weighted by atomic mass is 10.2. The minimum atomic E-state index is -0.138. The van der Waals surface area contributed by atoms with E-state index < -0.39 is 0 Å². The van der Waals surface area contributed by atoms with Gasteiger partial charge in [0.15, 0.2) is 0 Å². The van der Waals surface area contributed by atoms with Crippen molar-refractivity contribution in [1.82, 2.24) is 20.5 Å². The normalized spacial score (nSPS) is 11.0. The van der Waals surface area contributed by atoms with Crippen LogP contribution in [0.3, 0.4) is 0 Å². The Bertz CT molecular complexity index is 570. The van der Waals surface area contributed by atoms with Gasteiger partial charge in [0, 0.05) is 29.3 Å². The van der Waals surface area contributed by atoms with Gasteiger partial charge >= 0.3 is 0 Å². The zero-order valence-corrected chi connectivity index (χ0v) is 11.0. The molecule has 5 nitrogen and oxygen atoms in total. The van der Waals surface area contributed by atoms with Crippen molar-refractivity contribution in [2.24, 2.45) is 0 Å². The molecule has 2 N–H and O–H groups in total. The van der Waals surface area contributed by atoms with Gasteiger partial charge in [-0.25, -0.2) is 4.98 Å². The molecule has 2 heterocycles. The van der Waals surface area contributed by atoms with E-state index >= 15 is 0 Å². The summed E-state index contributed by atoms with van der Waals surface area (Å²) < 4.78 is 0. The maximum Gasteiger partial charge on any atom is 0.244 e. The predicted molar refractivity (Wildman–Crippen MR) is 71.1 cm³/mol. The van der Waals surface area contributed by atoms with Gasteiger partial charge in [0.05, 0.1) is 16.9 Å². The Kier molecular flexibility index (Phi) is 3.88. The third-order valence-electron chi connectivity index (χ3n) is 2.43. The van der Waals surface area contributed by atoms with Crippen molar-refractivity contribution < 1.29 is 4.79 Å². The first-order chi connectivity index (χ1) is 8.65. The molecule has 0 aliphatic heterocycles. The van der Waals surface area contributed by atoms with E-state index in [1.165, 1.54) is 6.08 Å². The van der Waals surface area contributed by atoms with Crippen LogP contribution in [-0.4, -0.2) is 21.1 Å². The summed E-state index contributed by atoms with van der Waals surface area (Å²) in [5, 5.41) is 12.4. The number of aromatic amines is 1. The molecule has 0 aliphatic rings. The molecular formula is C12H14N4OS. The lowest BCUT2D eigenvalue weighted by molar-refractivity contribution is -0.116. The Morgan fingerprint density at radius 2 is 2.39 bits per heavy atom. The lowest BCUT2D eigenvalue weighted by Crippen LogP contribution is -2.20. The van der Waals surface area contributed by atoms with Gasteiger partial charge in [-0.05, 0) is 19.9 Å². The maximum absolute atomic E-state index is 11.6. The van der Waals surface area contributed by atoms with Crippen LogP contribution in [0.4, 0.5) is 0 Å². The van der Waals surface area contributed by atoms with Gasteiger partial charge < -0.3 is 5.32 Å². The molecule has 0 saturated carbocycles. The number of aromatic nitrogens is 3. The molecule has 2 aromatic rings. The van der Waals surface area contributed by atoms with Crippen molar-refractivity contribution in [2.45, 2.75) is 20.4 Å². The molecule has 0 aromatic carbocycles. The van der Waals surface area contributed by atoms with Gasteiger partial charge in [-0.3, -0.25) is 9.89 Å². The monoisotopic (exact) mass is 262 g/mol. The largest absolute Gasteiger partial charge is 0.348 e. The fourth-order valence-electron chi connectivity index (χ4n) is 1.41. The third-order valence-corrected chi connectivity index (χ3v) is 3.22. The van der Waals surface area contributed by atoms with Crippen molar-refractivity contribution >= 4 is 23.3 Å². The second-order valence-corrected chi connectivity index (χ2v) is 4.92. The average Bonchev–Trinajstić information content (AvgIpc) is 2.93. The summed E-state index contributed by atoms with van der Waals surface area (Å²) in [6, 6.07) is 0. The minimum absolute atomic E-state index is 0.138. The smallest absolute Gasteiger partial charge is 0.244 e. The highest BCUT2D eigenvalue weighted by Crippen LogP contribution is 2.09. The molecule has 94 valence electrons. The second kappa shape index (κ2) is 5.59. The van der Waals surface area contributed by atoms with Crippen LogP contribution in [0.15, 0.2) is 17.7 Å². The van der Waals surface area contributed by atoms with E-state index in [1.54, 1.807) is 23.6 Å². The van der Waals surface area contributed by atoms with Crippen LogP contribution < -0.4 is 5.32 Å². The van der Waals surface area contributed by atoms with Crippen LogP contribution in [-0.2, 0) is 11.3 Å². The topological polar surface area (TPSA) is 70.7 Å². The van der Waals surface area contributed by atoms with Gasteiger partial charge in [-0.15, -0.1) is 11.3 Å². The Labute approximate surface area is 109 Å². The highest BCUT2D eigenvalue weighted by molar-refractivity contribution is 7.09. The fourth-order valence-corrected chi connectivity index (χ4v) is 1.99. The summed E-state index contributed by atoms with van der Waals surface area (Å²) in [7, 11) is 0. The highest BCUT2D eigenvalue weighted by atomic mass is 32.1. The van der Waals surface area contributed by atoms with E-state index in [-0.39, 0.29) is 5.91 Å². The summed E-state index contributed by atoms with van der Waals surface area (Å²) in [5.74, 6) is -0.138. The first-order valence-corrected chi connectivity index (χ1v) is 6.40. The predicted octanol–water partition coefficient (Wildman–Crippen LogP) is 1.81. The van der Waals surface area contributed by atoms with Crippen LogP contribution in [0, 0.1) is 13.8 Å². The number of H-pyrrole nitrogens is 1. The number of nitrogens with zero attached hydrogens (tertiary/aromatic N) is 2. The Hall–Kier alpha value is -1.95. The maximum atomic E-state index is 11.6. The molecule has 2 aromatic heterocycles. The van der Waals surface area contributed by atoms with E-state index in [1.807, 2.05) is 19.2 Å². The molecule has 0 bridgehead atoms. The first-order valence-electron chi connectivity index (χ1n) is 5.52. The van der Waals surface area contributed by atoms with Crippen LogP contribution >= 0.6 is 11.3 Å². The zero-order valence-electron chi connectivity index (χ0n) is 10.2. The van der Waals surface area contributed by atoms with E-state index in [0.717, 1.165) is 22.0 Å². The number of thiazole rings is 1. The lowest BCUT2D eigenvalue weighted by Gasteiger charge is -1.99. The van der Waals surface area contributed by atoms with Crippen molar-refractivity contribution in [2.75, 3.05) is 0 Å². The van der Waals surface area contributed by atoms with Gasteiger partial charge in [0.1, 0.15) is 0 Å². The molecule has 0 saturated heterocycles. The molecule has 0 radical (unpaired) electrons. The summed E-state index contributed by atoms with van der Waals surface area (Å²) in [6.45, 7) is 4.33. The van der Waals surface area contributed by atoms with Crippen molar-refractivity contribution in [3.8, 4) is 0 Å². The summed E-state index contributed by atoms with van der Waals surface area (Å²) in [4.78, 5) is 15.8. The van der Waals surface area contributed by atoms with E-state index in [4.69, 9.17) is 0 Å². The molecule has 0 aliphatic carbocycles. The minimum Gasteiger partial charge on any atom is -0.348 e. The van der Waals surface area contributed by atoms with Crippen molar-refractivity contribution in [3.05, 3.63) is 39.6 Å². The number of carbonyl (C=O) groups excluding carboxylic acids is 1. The molecular weight excluding hydrogens is 248 g/mol. The van der Waals surface area contributed by atoms with Crippen LogP contribution in [0.25, 0.3) is 6.08 Å². The highest BCUT2D eigenvalue weighted by Gasteiger charge is 2.01. The summed E-state index contributed by atoms with van der Waals surface area (Å²) >= 11 is 1.56. The van der Waals surface area contributed by atoms with Gasteiger partial charge in [0.2, 0.25) is 5.91 Å². The average molecular weight is 262 g/mol.